The second kappa shape index (κ2) is 7.19. The molecule has 31 heavy (non-hydrogen) atoms. The summed E-state index contributed by atoms with van der Waals surface area (Å²) >= 11 is 0. The third-order valence-electron chi connectivity index (χ3n) is 6.91. The summed E-state index contributed by atoms with van der Waals surface area (Å²) < 4.78 is 23.0. The SMILES string of the molecule is CC(=O)OCCOc1ccc2c3c1O[C@H]1[C@@H](OC(C)=O)C=C[C@H]4[C@@H](C2)N(C#N)CC[C@@]341. The number of piperidine rings is 1. The molecule has 1 fully saturated rings. The van der Waals surface area contributed by atoms with Gasteiger partial charge in [0.1, 0.15) is 19.3 Å². The molecule has 0 radical (unpaired) electrons. The van der Waals surface area contributed by atoms with E-state index in [4.69, 9.17) is 18.9 Å². The quantitative estimate of drug-likeness (QED) is 0.306. The molecule has 8 nitrogen and oxygen atoms in total. The summed E-state index contributed by atoms with van der Waals surface area (Å²) in [7, 11) is 0. The van der Waals surface area contributed by atoms with Crippen molar-refractivity contribution in [2.45, 2.75) is 50.4 Å². The van der Waals surface area contributed by atoms with Crippen LogP contribution in [0, 0.1) is 17.4 Å². The normalized spacial score (nSPS) is 31.2. The topological polar surface area (TPSA) is 98.1 Å². The van der Waals surface area contributed by atoms with Gasteiger partial charge in [0.25, 0.3) is 0 Å². The van der Waals surface area contributed by atoms with Crippen LogP contribution in [0.15, 0.2) is 24.3 Å². The van der Waals surface area contributed by atoms with Crippen molar-refractivity contribution in [2.75, 3.05) is 19.8 Å². The largest absolute Gasteiger partial charge is 0.486 e. The summed E-state index contributed by atoms with van der Waals surface area (Å²) in [6.07, 6.45) is 6.96. The van der Waals surface area contributed by atoms with Gasteiger partial charge in [-0.1, -0.05) is 12.1 Å². The number of esters is 2. The van der Waals surface area contributed by atoms with Gasteiger partial charge in [-0.3, -0.25) is 9.59 Å². The number of rotatable bonds is 5. The summed E-state index contributed by atoms with van der Waals surface area (Å²) in [6.45, 7) is 3.76. The summed E-state index contributed by atoms with van der Waals surface area (Å²) in [5.74, 6) is 0.649. The number of carbonyl (C=O) groups excluding carboxylic acids is 2. The van der Waals surface area contributed by atoms with Crippen molar-refractivity contribution in [3.63, 3.8) is 0 Å². The highest BCUT2D eigenvalue weighted by Gasteiger charge is 2.65. The zero-order valence-corrected chi connectivity index (χ0v) is 17.5. The Balaban J connectivity index is 1.56. The predicted octanol–water partition coefficient (Wildman–Crippen LogP) is 1.86. The molecule has 1 saturated heterocycles. The number of hydrogen-bond acceptors (Lipinski definition) is 8. The van der Waals surface area contributed by atoms with Gasteiger partial charge in [-0.05, 0) is 30.5 Å². The summed E-state index contributed by atoms with van der Waals surface area (Å²) in [4.78, 5) is 24.7. The molecule has 1 spiro atoms. The number of nitriles is 1. The van der Waals surface area contributed by atoms with Gasteiger partial charge in [-0.15, -0.1) is 0 Å². The second-order valence-corrected chi connectivity index (χ2v) is 8.49. The van der Waals surface area contributed by atoms with E-state index >= 15 is 0 Å². The Morgan fingerprint density at radius 1 is 1.26 bits per heavy atom. The van der Waals surface area contributed by atoms with Crippen molar-refractivity contribution in [2.24, 2.45) is 5.92 Å². The molecule has 0 amide bonds. The Morgan fingerprint density at radius 2 is 2.10 bits per heavy atom. The van der Waals surface area contributed by atoms with Crippen LogP contribution in [0.25, 0.3) is 0 Å². The van der Waals surface area contributed by atoms with E-state index in [1.54, 1.807) is 0 Å². The molecule has 162 valence electrons. The molecule has 1 aromatic rings. The van der Waals surface area contributed by atoms with Gasteiger partial charge < -0.3 is 23.8 Å². The van der Waals surface area contributed by atoms with E-state index in [1.165, 1.54) is 13.8 Å². The summed E-state index contributed by atoms with van der Waals surface area (Å²) in [5, 5.41) is 9.69. The van der Waals surface area contributed by atoms with Gasteiger partial charge >= 0.3 is 11.9 Å². The standard InChI is InChI=1S/C23H24N2O6/c1-13(26)28-9-10-29-18-5-3-15-11-17-16-4-6-19(30-14(2)27)22-23(16,7-8-25(17)12-24)20(15)21(18)31-22/h3-6,16-17,19,22H,7-11H2,1-2H3/t16-,17+,19-,22-,23-/m0/s1. The van der Waals surface area contributed by atoms with E-state index in [0.29, 0.717) is 18.0 Å². The minimum Gasteiger partial charge on any atom is -0.486 e. The third-order valence-corrected chi connectivity index (χ3v) is 6.91. The number of benzene rings is 1. The minimum atomic E-state index is -0.504. The molecular formula is C23H24N2O6. The fraction of sp³-hybridized carbons (Fsp3) is 0.522. The summed E-state index contributed by atoms with van der Waals surface area (Å²) in [5.41, 5.74) is 1.89. The van der Waals surface area contributed by atoms with Crippen molar-refractivity contribution in [1.29, 1.82) is 5.26 Å². The van der Waals surface area contributed by atoms with Crippen LogP contribution < -0.4 is 9.47 Å². The van der Waals surface area contributed by atoms with E-state index in [-0.39, 0.29) is 48.6 Å². The van der Waals surface area contributed by atoms with Crippen LogP contribution in [-0.2, 0) is 30.9 Å². The number of nitrogens with zero attached hydrogens (tertiary/aromatic N) is 2. The molecule has 1 aromatic carbocycles. The number of ether oxygens (including phenoxy) is 4. The Bertz CT molecular complexity index is 1010. The lowest BCUT2D eigenvalue weighted by Crippen LogP contribution is -2.65. The molecule has 8 heteroatoms. The minimum absolute atomic E-state index is 0.0496. The first-order valence-corrected chi connectivity index (χ1v) is 10.6. The highest BCUT2D eigenvalue weighted by molar-refractivity contribution is 5.67. The molecule has 2 aliphatic heterocycles. The highest BCUT2D eigenvalue weighted by Crippen LogP contribution is 2.62. The first kappa shape index (κ1) is 19.7. The maximum Gasteiger partial charge on any atom is 0.303 e. The van der Waals surface area contributed by atoms with Crippen LogP contribution in [0.5, 0.6) is 11.5 Å². The van der Waals surface area contributed by atoms with E-state index < -0.39 is 6.10 Å². The van der Waals surface area contributed by atoms with Gasteiger partial charge in [0, 0.05) is 31.9 Å². The van der Waals surface area contributed by atoms with Crippen LogP contribution in [0.4, 0.5) is 0 Å². The Hall–Kier alpha value is -3.21. The van der Waals surface area contributed by atoms with Crippen molar-refractivity contribution in [3.05, 3.63) is 35.4 Å². The molecule has 2 bridgehead atoms. The lowest BCUT2D eigenvalue weighted by Gasteiger charge is -2.56. The predicted molar refractivity (Wildman–Crippen MR) is 107 cm³/mol. The fourth-order valence-corrected chi connectivity index (χ4v) is 5.90. The summed E-state index contributed by atoms with van der Waals surface area (Å²) in [6, 6.07) is 3.96. The van der Waals surface area contributed by atoms with Crippen LogP contribution >= 0.6 is 0 Å². The fourth-order valence-electron chi connectivity index (χ4n) is 5.90. The molecule has 5 atom stereocenters. The first-order chi connectivity index (χ1) is 15.0. The highest BCUT2D eigenvalue weighted by atomic mass is 16.6. The van der Waals surface area contributed by atoms with Crippen LogP contribution in [0.1, 0.15) is 31.4 Å². The lowest BCUT2D eigenvalue weighted by atomic mass is 9.53. The Kier molecular flexibility index (Phi) is 4.58. The average molecular weight is 424 g/mol. The molecule has 0 N–H and O–H groups in total. The Labute approximate surface area is 180 Å². The van der Waals surface area contributed by atoms with E-state index in [9.17, 15) is 14.9 Å². The van der Waals surface area contributed by atoms with Gasteiger partial charge in [-0.2, -0.15) is 5.26 Å². The van der Waals surface area contributed by atoms with Gasteiger partial charge in [0.15, 0.2) is 23.8 Å². The van der Waals surface area contributed by atoms with E-state index in [2.05, 4.69) is 12.3 Å². The number of likely N-dealkylation sites (tertiary alicyclic amines) is 1. The van der Waals surface area contributed by atoms with Crippen LogP contribution in [-0.4, -0.2) is 54.8 Å². The average Bonchev–Trinajstić information content (AvgIpc) is 3.07. The molecule has 4 aliphatic rings. The van der Waals surface area contributed by atoms with Crippen molar-refractivity contribution in [1.82, 2.24) is 4.90 Å². The lowest BCUT2D eigenvalue weighted by molar-refractivity contribution is -0.152. The van der Waals surface area contributed by atoms with Gasteiger partial charge in [-0.25, -0.2) is 0 Å². The van der Waals surface area contributed by atoms with E-state index in [1.807, 2.05) is 23.1 Å². The molecular weight excluding hydrogens is 400 g/mol. The number of carbonyl (C=O) groups is 2. The molecule has 2 heterocycles. The molecule has 0 saturated carbocycles. The maximum atomic E-state index is 11.8. The van der Waals surface area contributed by atoms with Gasteiger partial charge in [0.05, 0.1) is 11.5 Å². The third kappa shape index (κ3) is 2.87. The van der Waals surface area contributed by atoms with Crippen molar-refractivity contribution < 1.29 is 28.5 Å². The maximum absolute atomic E-state index is 11.8. The monoisotopic (exact) mass is 424 g/mol. The van der Waals surface area contributed by atoms with Gasteiger partial charge in [0.2, 0.25) is 0 Å². The number of hydrogen-bond donors (Lipinski definition) is 0. The Morgan fingerprint density at radius 3 is 2.84 bits per heavy atom. The molecule has 0 aromatic heterocycles. The first-order valence-electron chi connectivity index (χ1n) is 10.6. The smallest absolute Gasteiger partial charge is 0.303 e. The second-order valence-electron chi connectivity index (χ2n) is 8.49. The van der Waals surface area contributed by atoms with Crippen LogP contribution in [0.2, 0.25) is 0 Å². The van der Waals surface area contributed by atoms with Crippen LogP contribution in [0.3, 0.4) is 0 Å². The molecule has 0 unspecified atom stereocenters. The molecule has 5 rings (SSSR count). The molecule has 2 aliphatic carbocycles. The van der Waals surface area contributed by atoms with Crippen molar-refractivity contribution in [3.8, 4) is 17.7 Å². The van der Waals surface area contributed by atoms with E-state index in [0.717, 1.165) is 24.0 Å². The zero-order valence-electron chi connectivity index (χ0n) is 17.5. The zero-order chi connectivity index (χ0) is 21.8. The van der Waals surface area contributed by atoms with Crippen molar-refractivity contribution >= 4 is 11.9 Å².